The quantitative estimate of drug-likeness (QED) is 0.275. The van der Waals surface area contributed by atoms with E-state index in [1.54, 1.807) is 11.8 Å². The fourth-order valence-corrected chi connectivity index (χ4v) is 6.55. The van der Waals surface area contributed by atoms with Crippen LogP contribution in [-0.4, -0.2) is 79.7 Å². The number of aliphatic carboxylic acids is 1. The molecular formula is C19H22N4O5S2. The monoisotopic (exact) mass is 450 g/mol. The van der Waals surface area contributed by atoms with Gasteiger partial charge in [-0.05, 0) is 6.92 Å². The number of carboxylic acids is 1. The van der Waals surface area contributed by atoms with Crippen molar-refractivity contribution >= 4 is 46.9 Å². The number of aliphatic hydroxyl groups is 2. The molecule has 3 aliphatic heterocycles. The number of nitrogens with zero attached hydrogens (tertiary/aromatic N) is 3. The summed E-state index contributed by atoms with van der Waals surface area (Å²) in [6, 6.07) is -0.684. The number of carboxylic acid groups (broad SMARTS) is 1. The molecule has 4 N–H and O–H groups in total. The number of thiazole rings is 1. The summed E-state index contributed by atoms with van der Waals surface area (Å²) in [5.74, 6) is -2.35. The van der Waals surface area contributed by atoms with Crippen LogP contribution < -0.4 is 0 Å². The van der Waals surface area contributed by atoms with E-state index < -0.39 is 18.0 Å². The molecule has 3 aliphatic rings. The highest BCUT2D eigenvalue weighted by Gasteiger charge is 2.60. The first-order valence-corrected chi connectivity index (χ1v) is 11.2. The summed E-state index contributed by atoms with van der Waals surface area (Å²) in [7, 11) is 0. The number of amides is 1. The molecule has 0 spiro atoms. The van der Waals surface area contributed by atoms with E-state index in [1.165, 1.54) is 34.3 Å². The molecule has 0 bridgehead atoms. The molecule has 1 fully saturated rings. The topological polar surface area (TPSA) is 138 Å². The van der Waals surface area contributed by atoms with Gasteiger partial charge in [-0.25, -0.2) is 9.78 Å². The smallest absolute Gasteiger partial charge is 0.353 e. The van der Waals surface area contributed by atoms with Crippen molar-refractivity contribution in [3.8, 4) is 0 Å². The highest BCUT2D eigenvalue weighted by Crippen LogP contribution is 2.52. The minimum atomic E-state index is -1.17. The zero-order valence-electron chi connectivity index (χ0n) is 16.3. The van der Waals surface area contributed by atoms with Gasteiger partial charge in [0, 0.05) is 28.3 Å². The average molecular weight is 451 g/mol. The van der Waals surface area contributed by atoms with Gasteiger partial charge in [0.25, 0.3) is 0 Å². The number of aromatic nitrogens is 1. The predicted molar refractivity (Wildman–Crippen MR) is 112 cm³/mol. The number of β-lactam (4-membered cyclic amide) rings is 1. The second-order valence-electron chi connectivity index (χ2n) is 7.56. The molecule has 30 heavy (non-hydrogen) atoms. The molecule has 5 atom stereocenters. The molecule has 1 saturated heterocycles. The van der Waals surface area contributed by atoms with Crippen molar-refractivity contribution in [2.45, 2.75) is 36.4 Å². The normalized spacial score (nSPS) is 29.1. The largest absolute Gasteiger partial charge is 0.477 e. The standard InChI is InChI=1S/C19H22N4O5S2/c1-8-14-13(9(2)25)17(26)23(14)15(18(27)28)16(8)30-19-21-11(6-29-19)10-3-4-22(7-20)12(10)5-24/h3,6-9,12-14,20,24-25H,4-5H2,1-2H3,(H,27,28). The Morgan fingerprint density at radius 1 is 1.53 bits per heavy atom. The number of nitrogens with one attached hydrogen (secondary N) is 1. The molecule has 0 saturated carbocycles. The fraction of sp³-hybridized carbons (Fsp3) is 0.474. The summed E-state index contributed by atoms with van der Waals surface area (Å²) in [5, 5.41) is 38.7. The van der Waals surface area contributed by atoms with Gasteiger partial charge in [-0.2, -0.15) is 0 Å². The molecule has 160 valence electrons. The second kappa shape index (κ2) is 7.80. The third-order valence-corrected chi connectivity index (χ3v) is 8.13. The summed E-state index contributed by atoms with van der Waals surface area (Å²) in [6.45, 7) is 3.81. The van der Waals surface area contributed by atoms with E-state index in [0.717, 1.165) is 5.57 Å². The van der Waals surface area contributed by atoms with E-state index in [-0.39, 0.29) is 36.2 Å². The number of carbonyl (C=O) groups excluding carboxylic acids is 1. The van der Waals surface area contributed by atoms with Crippen molar-refractivity contribution in [2.24, 2.45) is 11.8 Å². The van der Waals surface area contributed by atoms with Gasteiger partial charge in [-0.15, -0.1) is 11.3 Å². The third kappa shape index (κ3) is 3.08. The molecule has 5 unspecified atom stereocenters. The Morgan fingerprint density at radius 3 is 2.87 bits per heavy atom. The van der Waals surface area contributed by atoms with Crippen LogP contribution in [0.5, 0.6) is 0 Å². The fourth-order valence-electron chi connectivity index (χ4n) is 4.45. The van der Waals surface area contributed by atoms with Crippen molar-refractivity contribution in [1.29, 1.82) is 5.41 Å². The van der Waals surface area contributed by atoms with Crippen molar-refractivity contribution in [1.82, 2.24) is 14.8 Å². The van der Waals surface area contributed by atoms with Crippen LogP contribution in [0.3, 0.4) is 0 Å². The van der Waals surface area contributed by atoms with Crippen molar-refractivity contribution in [3.05, 3.63) is 27.8 Å². The van der Waals surface area contributed by atoms with Crippen LogP contribution >= 0.6 is 23.1 Å². The first kappa shape index (κ1) is 21.0. The highest BCUT2D eigenvalue weighted by atomic mass is 32.2. The molecule has 4 heterocycles. The molecule has 11 heteroatoms. The van der Waals surface area contributed by atoms with Gasteiger partial charge in [0.15, 0.2) is 4.34 Å². The number of hydrogen-bond acceptors (Lipinski definition) is 8. The van der Waals surface area contributed by atoms with Crippen molar-refractivity contribution in [2.75, 3.05) is 13.2 Å². The molecule has 0 aliphatic carbocycles. The summed E-state index contributed by atoms with van der Waals surface area (Å²) in [6.07, 6.45) is 2.28. The summed E-state index contributed by atoms with van der Waals surface area (Å²) in [5.41, 5.74) is 1.50. The van der Waals surface area contributed by atoms with Crippen LogP contribution in [0, 0.1) is 17.2 Å². The number of hydrogen-bond donors (Lipinski definition) is 4. The number of thioether (sulfide) groups is 1. The minimum absolute atomic E-state index is 0.0283. The Morgan fingerprint density at radius 2 is 2.27 bits per heavy atom. The van der Waals surface area contributed by atoms with Gasteiger partial charge >= 0.3 is 5.97 Å². The van der Waals surface area contributed by atoms with Crippen LogP contribution in [0.4, 0.5) is 0 Å². The first-order valence-electron chi connectivity index (χ1n) is 9.49. The lowest BCUT2D eigenvalue weighted by Gasteiger charge is -2.46. The Balaban J connectivity index is 1.60. The molecule has 0 radical (unpaired) electrons. The van der Waals surface area contributed by atoms with E-state index in [1.807, 2.05) is 18.4 Å². The average Bonchev–Trinajstić information content (AvgIpc) is 3.37. The van der Waals surface area contributed by atoms with Crippen LogP contribution in [0.2, 0.25) is 0 Å². The SMILES string of the molecule is CC(O)C1C(=O)N2C(C(=O)O)=C(Sc3nc(C4=CCN(C=N)C4CO)cs3)C(C)C12. The molecule has 1 aromatic heterocycles. The molecular weight excluding hydrogens is 428 g/mol. The number of fused-ring (bicyclic) bond motifs is 1. The lowest BCUT2D eigenvalue weighted by Crippen LogP contribution is -2.63. The number of rotatable bonds is 7. The van der Waals surface area contributed by atoms with Gasteiger partial charge in [-0.1, -0.05) is 24.8 Å². The summed E-state index contributed by atoms with van der Waals surface area (Å²) >= 11 is 2.60. The second-order valence-corrected chi connectivity index (χ2v) is 9.70. The van der Waals surface area contributed by atoms with E-state index in [0.29, 0.717) is 21.5 Å². The van der Waals surface area contributed by atoms with Gasteiger partial charge in [0.1, 0.15) is 5.70 Å². The molecule has 0 aromatic carbocycles. The maximum atomic E-state index is 12.4. The van der Waals surface area contributed by atoms with Gasteiger partial charge < -0.3 is 25.1 Å². The number of aliphatic hydroxyl groups excluding tert-OH is 2. The maximum absolute atomic E-state index is 12.4. The van der Waals surface area contributed by atoms with Crippen molar-refractivity contribution < 1.29 is 24.9 Å². The highest BCUT2D eigenvalue weighted by molar-refractivity contribution is 8.04. The first-order chi connectivity index (χ1) is 14.3. The molecule has 1 aromatic rings. The van der Waals surface area contributed by atoms with Crippen LogP contribution in [0.1, 0.15) is 19.5 Å². The van der Waals surface area contributed by atoms with E-state index >= 15 is 0 Å². The zero-order valence-corrected chi connectivity index (χ0v) is 18.0. The van der Waals surface area contributed by atoms with Gasteiger partial charge in [-0.3, -0.25) is 10.2 Å². The maximum Gasteiger partial charge on any atom is 0.353 e. The Hall–Kier alpha value is -2.21. The van der Waals surface area contributed by atoms with Crippen LogP contribution in [0.25, 0.3) is 5.57 Å². The molecule has 4 rings (SSSR count). The van der Waals surface area contributed by atoms with Crippen molar-refractivity contribution in [3.63, 3.8) is 0 Å². The summed E-state index contributed by atoms with van der Waals surface area (Å²) < 4.78 is 0.639. The Kier molecular flexibility index (Phi) is 5.47. The third-order valence-electron chi connectivity index (χ3n) is 5.91. The minimum Gasteiger partial charge on any atom is -0.477 e. The van der Waals surface area contributed by atoms with Gasteiger partial charge in [0.05, 0.1) is 42.7 Å². The molecule has 9 nitrogen and oxygen atoms in total. The van der Waals surface area contributed by atoms with Gasteiger partial charge in [0.2, 0.25) is 5.91 Å². The Bertz CT molecular complexity index is 972. The van der Waals surface area contributed by atoms with Crippen LogP contribution in [-0.2, 0) is 9.59 Å². The lowest BCUT2D eigenvalue weighted by molar-refractivity contribution is -0.163. The Labute approximate surface area is 181 Å². The van der Waals surface area contributed by atoms with E-state index in [9.17, 15) is 24.9 Å². The van der Waals surface area contributed by atoms with Crippen LogP contribution in [0.15, 0.2) is 26.4 Å². The predicted octanol–water partition coefficient (Wildman–Crippen LogP) is 1.06. The van der Waals surface area contributed by atoms with E-state index in [4.69, 9.17) is 5.41 Å². The number of carbonyl (C=O) groups is 2. The van der Waals surface area contributed by atoms with E-state index in [2.05, 4.69) is 4.98 Å². The molecule has 1 amide bonds. The lowest BCUT2D eigenvalue weighted by atomic mass is 9.79. The summed E-state index contributed by atoms with van der Waals surface area (Å²) in [4.78, 5) is 32.5. The zero-order chi connectivity index (χ0) is 21.7.